The number of rotatable bonds is 3. The zero-order valence-corrected chi connectivity index (χ0v) is 11.4. The van der Waals surface area contributed by atoms with Gasteiger partial charge in [0.05, 0.1) is 18.7 Å². The van der Waals surface area contributed by atoms with Gasteiger partial charge in [-0.3, -0.25) is 4.98 Å². The Morgan fingerprint density at radius 2 is 2.20 bits per heavy atom. The van der Waals surface area contributed by atoms with Crippen molar-refractivity contribution >= 4 is 0 Å². The molecule has 0 spiro atoms. The van der Waals surface area contributed by atoms with E-state index in [-0.39, 0.29) is 12.8 Å². The number of hydrogen-bond donors (Lipinski definition) is 1. The fourth-order valence-electron chi connectivity index (χ4n) is 2.79. The Morgan fingerprint density at radius 3 is 2.85 bits per heavy atom. The summed E-state index contributed by atoms with van der Waals surface area (Å²) < 4.78 is 44.0. The predicted octanol–water partition coefficient (Wildman–Crippen LogP) is 3.39. The fourth-order valence-corrected chi connectivity index (χ4v) is 2.79. The lowest BCUT2D eigenvalue weighted by molar-refractivity contribution is -0.187. The number of pyridine rings is 1. The minimum Gasteiger partial charge on any atom is -0.492 e. The first-order chi connectivity index (χ1) is 9.35. The van der Waals surface area contributed by atoms with Crippen molar-refractivity contribution in [2.75, 3.05) is 6.61 Å². The average Bonchev–Trinajstić information content (AvgIpc) is 2.39. The fraction of sp³-hybridized carbons (Fsp3) is 0.643. The van der Waals surface area contributed by atoms with Gasteiger partial charge in [-0.05, 0) is 37.8 Å². The van der Waals surface area contributed by atoms with Gasteiger partial charge in [0.2, 0.25) is 0 Å². The van der Waals surface area contributed by atoms with E-state index in [2.05, 4.69) is 4.98 Å². The lowest BCUT2D eigenvalue weighted by Gasteiger charge is -2.39. The molecule has 1 aromatic rings. The highest BCUT2D eigenvalue weighted by atomic mass is 19.4. The Kier molecular flexibility index (Phi) is 4.22. The normalized spacial score (nSPS) is 27.4. The summed E-state index contributed by atoms with van der Waals surface area (Å²) in [4.78, 5) is 4.02. The van der Waals surface area contributed by atoms with Crippen LogP contribution < -0.4 is 10.5 Å². The van der Waals surface area contributed by atoms with E-state index in [9.17, 15) is 13.2 Å². The molecule has 1 aliphatic carbocycles. The van der Waals surface area contributed by atoms with Crippen LogP contribution in [0.4, 0.5) is 13.2 Å². The third kappa shape index (κ3) is 3.23. The van der Waals surface area contributed by atoms with Crippen LogP contribution in [0, 0.1) is 5.92 Å². The monoisotopic (exact) mass is 288 g/mol. The van der Waals surface area contributed by atoms with Gasteiger partial charge in [-0.1, -0.05) is 6.42 Å². The number of alkyl halides is 3. The first-order valence-electron chi connectivity index (χ1n) is 6.79. The van der Waals surface area contributed by atoms with Gasteiger partial charge in [0, 0.05) is 11.7 Å². The third-order valence-corrected chi connectivity index (χ3v) is 3.85. The molecule has 2 atom stereocenters. The summed E-state index contributed by atoms with van der Waals surface area (Å²) in [6, 6.07) is 1.70. The van der Waals surface area contributed by atoms with Crippen molar-refractivity contribution < 1.29 is 17.9 Å². The van der Waals surface area contributed by atoms with Gasteiger partial charge in [0.15, 0.2) is 0 Å². The van der Waals surface area contributed by atoms with E-state index in [1.165, 1.54) is 0 Å². The third-order valence-electron chi connectivity index (χ3n) is 3.85. The largest absolute Gasteiger partial charge is 0.492 e. The van der Waals surface area contributed by atoms with Crippen LogP contribution in [0.5, 0.6) is 5.75 Å². The Labute approximate surface area is 116 Å². The molecule has 0 aliphatic heterocycles. The van der Waals surface area contributed by atoms with Crippen molar-refractivity contribution in [1.82, 2.24) is 4.98 Å². The van der Waals surface area contributed by atoms with E-state index in [0.717, 1.165) is 0 Å². The summed E-state index contributed by atoms with van der Waals surface area (Å²) in [7, 11) is 0. The van der Waals surface area contributed by atoms with Crippen molar-refractivity contribution in [1.29, 1.82) is 0 Å². The number of nitrogens with zero attached hydrogens (tertiary/aromatic N) is 1. The molecule has 0 aromatic carbocycles. The molecule has 6 heteroatoms. The smallest absolute Gasteiger partial charge is 0.391 e. The highest BCUT2D eigenvalue weighted by molar-refractivity contribution is 5.30. The molecule has 2 unspecified atom stereocenters. The molecule has 1 aromatic heterocycles. The lowest BCUT2D eigenvalue weighted by Crippen LogP contribution is -2.44. The van der Waals surface area contributed by atoms with Crippen LogP contribution in [-0.4, -0.2) is 17.8 Å². The van der Waals surface area contributed by atoms with Crippen LogP contribution >= 0.6 is 0 Å². The standard InChI is InChI=1S/C14H19F3N2O/c1-2-20-12-6-11(8-19-9-12)13(18)5-3-4-10(7-13)14(15,16)17/h6,8-10H,2-5,7,18H2,1H3. The van der Waals surface area contributed by atoms with E-state index >= 15 is 0 Å². The molecule has 112 valence electrons. The summed E-state index contributed by atoms with van der Waals surface area (Å²) in [5.74, 6) is -0.791. The van der Waals surface area contributed by atoms with Crippen LogP contribution in [0.2, 0.25) is 0 Å². The highest BCUT2D eigenvalue weighted by Crippen LogP contribution is 2.44. The topological polar surface area (TPSA) is 48.1 Å². The maximum Gasteiger partial charge on any atom is 0.391 e. The van der Waals surface area contributed by atoms with Crippen LogP contribution in [-0.2, 0) is 5.54 Å². The molecule has 0 saturated heterocycles. The van der Waals surface area contributed by atoms with E-state index in [4.69, 9.17) is 10.5 Å². The van der Waals surface area contributed by atoms with E-state index in [1.807, 2.05) is 6.92 Å². The van der Waals surface area contributed by atoms with Crippen molar-refractivity contribution in [3.05, 3.63) is 24.0 Å². The molecular formula is C14H19F3N2O. The molecule has 20 heavy (non-hydrogen) atoms. The zero-order chi connectivity index (χ0) is 14.8. The second kappa shape index (κ2) is 5.60. The summed E-state index contributed by atoms with van der Waals surface area (Å²) in [6.07, 6.45) is -0.0249. The van der Waals surface area contributed by atoms with Gasteiger partial charge in [-0.15, -0.1) is 0 Å². The Bertz CT molecular complexity index is 464. The molecule has 1 saturated carbocycles. The molecule has 0 bridgehead atoms. The first-order valence-corrected chi connectivity index (χ1v) is 6.79. The zero-order valence-electron chi connectivity index (χ0n) is 11.4. The Balaban J connectivity index is 2.23. The second-order valence-electron chi connectivity index (χ2n) is 5.33. The maximum atomic E-state index is 12.9. The first kappa shape index (κ1) is 15.1. The van der Waals surface area contributed by atoms with Gasteiger partial charge in [0.25, 0.3) is 0 Å². The van der Waals surface area contributed by atoms with Crippen molar-refractivity contribution in [2.45, 2.75) is 44.3 Å². The summed E-state index contributed by atoms with van der Waals surface area (Å²) in [5.41, 5.74) is 5.89. The molecule has 1 aliphatic rings. The van der Waals surface area contributed by atoms with Crippen LogP contribution in [0.3, 0.4) is 0 Å². The molecule has 1 heterocycles. The predicted molar refractivity (Wildman–Crippen MR) is 69.3 cm³/mol. The lowest BCUT2D eigenvalue weighted by atomic mass is 9.72. The van der Waals surface area contributed by atoms with Gasteiger partial charge in [-0.2, -0.15) is 13.2 Å². The number of aromatic nitrogens is 1. The van der Waals surface area contributed by atoms with Gasteiger partial charge < -0.3 is 10.5 Å². The summed E-state index contributed by atoms with van der Waals surface area (Å²) >= 11 is 0. The van der Waals surface area contributed by atoms with E-state index < -0.39 is 17.6 Å². The summed E-state index contributed by atoms with van der Waals surface area (Å²) in [5, 5.41) is 0. The maximum absolute atomic E-state index is 12.9. The minimum absolute atomic E-state index is 0.0895. The minimum atomic E-state index is -4.18. The SMILES string of the molecule is CCOc1cncc(C2(N)CCCC(C(F)(F)F)C2)c1. The molecule has 0 radical (unpaired) electrons. The second-order valence-corrected chi connectivity index (χ2v) is 5.33. The van der Waals surface area contributed by atoms with Crippen molar-refractivity contribution in [2.24, 2.45) is 11.7 Å². The average molecular weight is 288 g/mol. The quantitative estimate of drug-likeness (QED) is 0.927. The number of ether oxygens (including phenoxy) is 1. The van der Waals surface area contributed by atoms with Crippen molar-refractivity contribution in [3.63, 3.8) is 0 Å². The molecule has 1 fully saturated rings. The van der Waals surface area contributed by atoms with Crippen LogP contribution in [0.25, 0.3) is 0 Å². The van der Waals surface area contributed by atoms with E-state index in [1.54, 1.807) is 18.5 Å². The Morgan fingerprint density at radius 1 is 1.45 bits per heavy atom. The van der Waals surface area contributed by atoms with Crippen molar-refractivity contribution in [3.8, 4) is 5.75 Å². The van der Waals surface area contributed by atoms with Crippen LogP contribution in [0.1, 0.15) is 38.2 Å². The van der Waals surface area contributed by atoms with E-state index in [0.29, 0.717) is 30.8 Å². The number of halogens is 3. The van der Waals surface area contributed by atoms with Gasteiger partial charge in [-0.25, -0.2) is 0 Å². The van der Waals surface area contributed by atoms with Gasteiger partial charge >= 0.3 is 6.18 Å². The molecule has 0 amide bonds. The highest BCUT2D eigenvalue weighted by Gasteiger charge is 2.46. The summed E-state index contributed by atoms with van der Waals surface area (Å²) in [6.45, 7) is 2.32. The molecule has 3 nitrogen and oxygen atoms in total. The van der Waals surface area contributed by atoms with Gasteiger partial charge in [0.1, 0.15) is 5.75 Å². The molecular weight excluding hydrogens is 269 g/mol. The number of nitrogens with two attached hydrogens (primary N) is 1. The van der Waals surface area contributed by atoms with Crippen LogP contribution in [0.15, 0.2) is 18.5 Å². The molecule has 2 rings (SSSR count). The molecule has 2 N–H and O–H groups in total. The Hall–Kier alpha value is -1.30. The number of hydrogen-bond acceptors (Lipinski definition) is 3.